The van der Waals surface area contributed by atoms with E-state index in [0.717, 1.165) is 4.90 Å². The summed E-state index contributed by atoms with van der Waals surface area (Å²) in [6.07, 6.45) is 1.96. The molecule has 1 saturated heterocycles. The Bertz CT molecular complexity index is 440. The van der Waals surface area contributed by atoms with Gasteiger partial charge in [-0.15, -0.1) is 24.2 Å². The lowest BCUT2D eigenvalue weighted by Crippen LogP contribution is -2.48. The molecule has 1 aliphatic rings. The van der Waals surface area contributed by atoms with Crippen molar-refractivity contribution in [3.8, 4) is 0 Å². The van der Waals surface area contributed by atoms with Crippen LogP contribution in [0, 0.1) is 0 Å². The van der Waals surface area contributed by atoms with E-state index in [1.807, 2.05) is 18.4 Å². The van der Waals surface area contributed by atoms with Crippen molar-refractivity contribution in [3.05, 3.63) is 23.2 Å². The molecule has 0 aliphatic carbocycles. The van der Waals surface area contributed by atoms with Gasteiger partial charge in [0.25, 0.3) is 0 Å². The normalized spacial score (nSPS) is 18.5. The Morgan fingerprint density at radius 3 is 2.95 bits per heavy atom. The van der Waals surface area contributed by atoms with E-state index in [1.54, 1.807) is 17.8 Å². The topological polar surface area (TPSA) is 50.4 Å². The molecule has 1 aliphatic heterocycles. The molecule has 0 radical (unpaired) electrons. The quantitative estimate of drug-likeness (QED) is 0.839. The first-order valence-corrected chi connectivity index (χ1v) is 7.26. The molecule has 19 heavy (non-hydrogen) atoms. The van der Waals surface area contributed by atoms with Gasteiger partial charge in [0, 0.05) is 17.1 Å². The third-order valence-corrected chi connectivity index (χ3v) is 3.88. The molecule has 0 aromatic heterocycles. The number of hydrogen-bond acceptors (Lipinski definition) is 4. The van der Waals surface area contributed by atoms with Crippen LogP contribution in [0.2, 0.25) is 5.02 Å². The molecule has 0 spiro atoms. The van der Waals surface area contributed by atoms with Crippen molar-refractivity contribution in [3.63, 3.8) is 0 Å². The molecule has 4 nitrogen and oxygen atoms in total. The van der Waals surface area contributed by atoms with Crippen LogP contribution in [0.1, 0.15) is 0 Å². The number of anilines is 1. The summed E-state index contributed by atoms with van der Waals surface area (Å²) in [6.45, 7) is 1.75. The summed E-state index contributed by atoms with van der Waals surface area (Å²) < 4.78 is 5.25. The van der Waals surface area contributed by atoms with Crippen molar-refractivity contribution < 1.29 is 9.53 Å². The number of carbonyl (C=O) groups is 1. The molecule has 106 valence electrons. The number of carbonyl (C=O) groups excluding carboxylic acids is 1. The summed E-state index contributed by atoms with van der Waals surface area (Å²) in [7, 11) is 0. The van der Waals surface area contributed by atoms with E-state index >= 15 is 0 Å². The highest BCUT2D eigenvalue weighted by Gasteiger charge is 2.21. The third-order valence-electron chi connectivity index (χ3n) is 2.66. The van der Waals surface area contributed by atoms with Crippen LogP contribution in [0.15, 0.2) is 23.1 Å². The average molecular weight is 323 g/mol. The molecule has 0 saturated carbocycles. The number of ether oxygens (including phenoxy) is 1. The minimum absolute atomic E-state index is 0. The Kier molecular flexibility index (Phi) is 6.96. The number of halogens is 2. The van der Waals surface area contributed by atoms with Gasteiger partial charge in [-0.1, -0.05) is 11.6 Å². The fourth-order valence-corrected chi connectivity index (χ4v) is 2.58. The first kappa shape index (κ1) is 16.6. The number of nitrogens with one attached hydrogen (secondary N) is 2. The predicted octanol–water partition coefficient (Wildman–Crippen LogP) is 2.41. The molecule has 1 unspecified atom stereocenters. The van der Waals surface area contributed by atoms with E-state index < -0.39 is 0 Å². The van der Waals surface area contributed by atoms with Crippen LogP contribution in [0.4, 0.5) is 5.69 Å². The minimum atomic E-state index is -0.294. The standard InChI is InChI=1S/C12H15ClN2O2S.ClH/c1-18-11-3-2-8(6-9(11)13)15-12(16)10-7-17-5-4-14-10;/h2-3,6,10,14H,4-5,7H2,1H3,(H,15,16);1H. The molecule has 0 bridgehead atoms. The van der Waals surface area contributed by atoms with Gasteiger partial charge in [-0.2, -0.15) is 0 Å². The molecular formula is C12H16Cl2N2O2S. The van der Waals surface area contributed by atoms with Crippen molar-refractivity contribution in [1.29, 1.82) is 0 Å². The maximum Gasteiger partial charge on any atom is 0.243 e. The zero-order chi connectivity index (χ0) is 13.0. The molecule has 1 aromatic carbocycles. The van der Waals surface area contributed by atoms with Gasteiger partial charge < -0.3 is 15.4 Å². The Balaban J connectivity index is 0.00000180. The zero-order valence-electron chi connectivity index (χ0n) is 10.4. The Morgan fingerprint density at radius 2 is 2.37 bits per heavy atom. The van der Waals surface area contributed by atoms with Crippen LogP contribution < -0.4 is 10.6 Å². The highest BCUT2D eigenvalue weighted by Crippen LogP contribution is 2.27. The summed E-state index contributed by atoms with van der Waals surface area (Å²) in [6, 6.07) is 5.21. The third kappa shape index (κ3) is 4.54. The van der Waals surface area contributed by atoms with E-state index in [2.05, 4.69) is 10.6 Å². The molecule has 1 amide bonds. The molecule has 1 fully saturated rings. The summed E-state index contributed by atoms with van der Waals surface area (Å²) in [5, 5.41) is 6.58. The molecule has 2 rings (SSSR count). The smallest absolute Gasteiger partial charge is 0.243 e. The summed E-state index contributed by atoms with van der Waals surface area (Å²) >= 11 is 7.66. The maximum atomic E-state index is 11.9. The fraction of sp³-hybridized carbons (Fsp3) is 0.417. The second-order valence-electron chi connectivity index (χ2n) is 3.92. The van der Waals surface area contributed by atoms with Crippen LogP contribution in [-0.2, 0) is 9.53 Å². The van der Waals surface area contributed by atoms with Crippen molar-refractivity contribution >= 4 is 47.4 Å². The number of thioether (sulfide) groups is 1. The minimum Gasteiger partial charge on any atom is -0.378 e. The van der Waals surface area contributed by atoms with Gasteiger partial charge in [-0.25, -0.2) is 0 Å². The number of morpholine rings is 1. The average Bonchev–Trinajstić information content (AvgIpc) is 2.40. The van der Waals surface area contributed by atoms with Crippen LogP contribution in [0.5, 0.6) is 0 Å². The second-order valence-corrected chi connectivity index (χ2v) is 5.18. The Morgan fingerprint density at radius 1 is 1.58 bits per heavy atom. The number of amides is 1. The van der Waals surface area contributed by atoms with Gasteiger partial charge in [0.15, 0.2) is 0 Å². The first-order chi connectivity index (χ1) is 8.70. The molecular weight excluding hydrogens is 307 g/mol. The molecule has 1 aromatic rings. The largest absolute Gasteiger partial charge is 0.378 e. The van der Waals surface area contributed by atoms with Gasteiger partial charge in [0.2, 0.25) is 5.91 Å². The monoisotopic (exact) mass is 322 g/mol. The lowest BCUT2D eigenvalue weighted by Gasteiger charge is -2.23. The molecule has 1 atom stereocenters. The van der Waals surface area contributed by atoms with E-state index in [9.17, 15) is 4.79 Å². The fourth-order valence-electron chi connectivity index (χ4n) is 1.71. The Hall–Kier alpha value is -0.460. The number of benzene rings is 1. The lowest BCUT2D eigenvalue weighted by atomic mass is 10.2. The second kappa shape index (κ2) is 7.97. The predicted molar refractivity (Wildman–Crippen MR) is 81.7 cm³/mol. The van der Waals surface area contributed by atoms with E-state index in [1.165, 1.54) is 0 Å². The van der Waals surface area contributed by atoms with Gasteiger partial charge in [0.1, 0.15) is 6.04 Å². The van der Waals surface area contributed by atoms with E-state index in [-0.39, 0.29) is 24.4 Å². The van der Waals surface area contributed by atoms with Gasteiger partial charge in [-0.05, 0) is 24.5 Å². The lowest BCUT2D eigenvalue weighted by molar-refractivity contribution is -0.120. The van der Waals surface area contributed by atoms with Crippen LogP contribution in [0.25, 0.3) is 0 Å². The van der Waals surface area contributed by atoms with Crippen LogP contribution in [0.3, 0.4) is 0 Å². The van der Waals surface area contributed by atoms with Crippen molar-refractivity contribution in [2.75, 3.05) is 31.3 Å². The Labute approximate surface area is 128 Å². The molecule has 7 heteroatoms. The summed E-state index contributed by atoms with van der Waals surface area (Å²) in [5.74, 6) is -0.0948. The van der Waals surface area contributed by atoms with E-state index in [0.29, 0.717) is 30.5 Å². The highest BCUT2D eigenvalue weighted by atomic mass is 35.5. The van der Waals surface area contributed by atoms with Crippen LogP contribution >= 0.6 is 35.8 Å². The van der Waals surface area contributed by atoms with Gasteiger partial charge >= 0.3 is 0 Å². The van der Waals surface area contributed by atoms with Crippen molar-refractivity contribution in [2.24, 2.45) is 0 Å². The van der Waals surface area contributed by atoms with Crippen molar-refractivity contribution in [2.45, 2.75) is 10.9 Å². The van der Waals surface area contributed by atoms with Gasteiger partial charge in [-0.3, -0.25) is 4.79 Å². The van der Waals surface area contributed by atoms with Gasteiger partial charge in [0.05, 0.1) is 18.2 Å². The number of hydrogen-bond donors (Lipinski definition) is 2. The van der Waals surface area contributed by atoms with E-state index in [4.69, 9.17) is 16.3 Å². The zero-order valence-corrected chi connectivity index (χ0v) is 12.8. The first-order valence-electron chi connectivity index (χ1n) is 5.66. The SMILES string of the molecule is CSc1ccc(NC(=O)C2COCCN2)cc1Cl.Cl. The maximum absolute atomic E-state index is 11.9. The number of rotatable bonds is 3. The highest BCUT2D eigenvalue weighted by molar-refractivity contribution is 7.98. The molecule has 2 N–H and O–H groups in total. The van der Waals surface area contributed by atoms with Crippen LogP contribution in [-0.4, -0.2) is 38.0 Å². The van der Waals surface area contributed by atoms with Crippen molar-refractivity contribution in [1.82, 2.24) is 5.32 Å². The molecule has 1 heterocycles. The summed E-state index contributed by atoms with van der Waals surface area (Å²) in [4.78, 5) is 12.9. The summed E-state index contributed by atoms with van der Waals surface area (Å²) in [5.41, 5.74) is 0.704.